The van der Waals surface area contributed by atoms with Crippen LogP contribution in [0, 0.1) is 11.3 Å². The van der Waals surface area contributed by atoms with Crippen LogP contribution in [0.4, 0.5) is 0 Å². The van der Waals surface area contributed by atoms with Gasteiger partial charge in [-0.25, -0.2) is 0 Å². The molecule has 0 aromatic rings. The normalized spacial score (nSPS) is 26.2. The zero-order valence-electron chi connectivity index (χ0n) is 8.68. The number of aliphatic carboxylic acids is 1. The number of carboxylic acids is 1. The summed E-state index contributed by atoms with van der Waals surface area (Å²) in [5, 5.41) is 8.70. The first-order valence-electron chi connectivity index (χ1n) is 4.74. The number of hydrogen-bond acceptors (Lipinski definition) is 1. The van der Waals surface area contributed by atoms with Gasteiger partial charge < -0.3 is 5.11 Å². The van der Waals surface area contributed by atoms with Crippen molar-refractivity contribution in [1.29, 1.82) is 0 Å². The molecule has 0 radical (unpaired) electrons. The fourth-order valence-electron chi connectivity index (χ4n) is 2.16. The first kappa shape index (κ1) is 13.4. The maximum Gasteiger partial charge on any atom is 0.303 e. The Labute approximate surface area is 101 Å². The predicted molar refractivity (Wildman–Crippen MR) is 48.0 cm³/mol. The van der Waals surface area contributed by atoms with Crippen LogP contribution in [-0.4, -0.2) is 11.1 Å². The van der Waals surface area contributed by atoms with E-state index in [2.05, 4.69) is 13.8 Å². The van der Waals surface area contributed by atoms with Crippen LogP contribution in [-0.2, 0) is 32.5 Å². The minimum absolute atomic E-state index is 0. The molecule has 1 rings (SSSR count). The summed E-state index contributed by atoms with van der Waals surface area (Å²) in [5.74, 6) is -0.251. The van der Waals surface area contributed by atoms with E-state index in [1.165, 1.54) is 19.3 Å². The molecule has 0 amide bonds. The minimum Gasteiger partial charge on any atom is -0.481 e. The van der Waals surface area contributed by atoms with E-state index < -0.39 is 5.97 Å². The molecule has 0 aromatic heterocycles. The Bertz CT molecular complexity index is 178. The van der Waals surface area contributed by atoms with Gasteiger partial charge in [0.1, 0.15) is 0 Å². The van der Waals surface area contributed by atoms with Crippen molar-refractivity contribution in [3.8, 4) is 0 Å². The maximum absolute atomic E-state index is 10.6. The SMILES string of the molecule is CC1(C)CCCCC1CC(=O)O.[Hg]. The minimum atomic E-state index is -0.644. The van der Waals surface area contributed by atoms with E-state index in [0.29, 0.717) is 12.3 Å². The van der Waals surface area contributed by atoms with Crippen molar-refractivity contribution in [2.45, 2.75) is 46.0 Å². The Balaban J connectivity index is 0.00000144. The van der Waals surface area contributed by atoms with Gasteiger partial charge in [-0.1, -0.05) is 26.7 Å². The molecule has 72 valence electrons. The molecule has 1 aliphatic rings. The van der Waals surface area contributed by atoms with Gasteiger partial charge in [0.2, 0.25) is 0 Å². The molecule has 1 saturated carbocycles. The molecule has 0 aliphatic heterocycles. The summed E-state index contributed by atoms with van der Waals surface area (Å²) < 4.78 is 0. The molecule has 0 aromatic carbocycles. The number of hydrogen-bond donors (Lipinski definition) is 1. The summed E-state index contributed by atoms with van der Waals surface area (Å²) in [4.78, 5) is 10.6. The van der Waals surface area contributed by atoms with Crippen LogP contribution in [0.15, 0.2) is 0 Å². The maximum atomic E-state index is 10.6. The quantitative estimate of drug-likeness (QED) is 0.759. The number of rotatable bonds is 2. The van der Waals surface area contributed by atoms with Crippen LogP contribution < -0.4 is 0 Å². The summed E-state index contributed by atoms with van der Waals surface area (Å²) in [6, 6.07) is 0. The number of carboxylic acid groups (broad SMARTS) is 1. The van der Waals surface area contributed by atoms with Gasteiger partial charge >= 0.3 is 5.97 Å². The third-order valence-corrected chi connectivity index (χ3v) is 3.15. The zero-order valence-corrected chi connectivity index (χ0v) is 14.2. The predicted octanol–water partition coefficient (Wildman–Crippen LogP) is 2.68. The fraction of sp³-hybridized carbons (Fsp3) is 0.900. The second-order valence-corrected chi connectivity index (χ2v) is 4.53. The van der Waals surface area contributed by atoms with E-state index in [-0.39, 0.29) is 33.1 Å². The van der Waals surface area contributed by atoms with E-state index in [9.17, 15) is 4.79 Å². The van der Waals surface area contributed by atoms with Crippen molar-refractivity contribution in [1.82, 2.24) is 0 Å². The van der Waals surface area contributed by atoms with Crippen molar-refractivity contribution >= 4 is 5.97 Å². The molecule has 1 fully saturated rings. The Morgan fingerprint density at radius 1 is 1.46 bits per heavy atom. The molecule has 1 unspecified atom stereocenters. The average molecular weight is 371 g/mol. The molecule has 1 aliphatic carbocycles. The molecule has 3 heteroatoms. The molecule has 0 heterocycles. The van der Waals surface area contributed by atoms with E-state index in [4.69, 9.17) is 5.11 Å². The van der Waals surface area contributed by atoms with Gasteiger partial charge in [0.25, 0.3) is 0 Å². The monoisotopic (exact) mass is 372 g/mol. The largest absolute Gasteiger partial charge is 0.481 e. The van der Waals surface area contributed by atoms with Crippen LogP contribution in [0.25, 0.3) is 0 Å². The van der Waals surface area contributed by atoms with Crippen molar-refractivity contribution < 1.29 is 37.6 Å². The summed E-state index contributed by atoms with van der Waals surface area (Å²) >= 11 is 0. The van der Waals surface area contributed by atoms with Crippen molar-refractivity contribution in [3.05, 3.63) is 0 Å². The summed E-state index contributed by atoms with van der Waals surface area (Å²) in [5.41, 5.74) is 0.247. The van der Waals surface area contributed by atoms with Gasteiger partial charge in [0.15, 0.2) is 0 Å². The molecule has 0 bridgehead atoms. The van der Waals surface area contributed by atoms with Crippen LogP contribution in [0.2, 0.25) is 0 Å². The first-order valence-corrected chi connectivity index (χ1v) is 4.74. The van der Waals surface area contributed by atoms with Crippen LogP contribution in [0.3, 0.4) is 0 Å². The second-order valence-electron chi connectivity index (χ2n) is 4.53. The van der Waals surface area contributed by atoms with Crippen LogP contribution >= 0.6 is 0 Å². The third kappa shape index (κ3) is 3.96. The average Bonchev–Trinajstić information content (AvgIpc) is 1.92. The fourth-order valence-corrected chi connectivity index (χ4v) is 2.16. The van der Waals surface area contributed by atoms with Crippen molar-refractivity contribution in [2.75, 3.05) is 0 Å². The molecule has 1 atom stereocenters. The Morgan fingerprint density at radius 2 is 2.08 bits per heavy atom. The summed E-state index contributed by atoms with van der Waals surface area (Å²) in [6.45, 7) is 4.39. The molecule has 13 heavy (non-hydrogen) atoms. The van der Waals surface area contributed by atoms with Gasteiger partial charge in [0.05, 0.1) is 0 Å². The van der Waals surface area contributed by atoms with Crippen LogP contribution in [0.1, 0.15) is 46.0 Å². The van der Waals surface area contributed by atoms with E-state index in [1.54, 1.807) is 0 Å². The van der Waals surface area contributed by atoms with Crippen molar-refractivity contribution in [2.24, 2.45) is 11.3 Å². The molecular formula is C10H18HgO2. The van der Waals surface area contributed by atoms with Crippen molar-refractivity contribution in [3.63, 3.8) is 0 Å². The Morgan fingerprint density at radius 3 is 2.54 bits per heavy atom. The molecular weight excluding hydrogens is 353 g/mol. The zero-order chi connectivity index (χ0) is 9.19. The molecule has 0 saturated heterocycles. The van der Waals surface area contributed by atoms with E-state index in [1.807, 2.05) is 0 Å². The Hall–Kier alpha value is 0.405. The molecule has 2 nitrogen and oxygen atoms in total. The van der Waals surface area contributed by atoms with Gasteiger partial charge in [-0.2, -0.15) is 0 Å². The molecule has 1 N–H and O–H groups in total. The van der Waals surface area contributed by atoms with Gasteiger partial charge in [-0.05, 0) is 24.2 Å². The smallest absolute Gasteiger partial charge is 0.303 e. The van der Waals surface area contributed by atoms with Gasteiger partial charge in [-0.15, -0.1) is 0 Å². The second kappa shape index (κ2) is 5.33. The van der Waals surface area contributed by atoms with E-state index in [0.717, 1.165) is 6.42 Å². The van der Waals surface area contributed by atoms with Gasteiger partial charge in [-0.3, -0.25) is 4.79 Å². The van der Waals surface area contributed by atoms with Crippen LogP contribution in [0.5, 0.6) is 0 Å². The standard InChI is InChI=1S/C10H18O2.Hg/c1-10(2)6-4-3-5-8(10)7-9(11)12;/h8H,3-7H2,1-2H3,(H,11,12);. The third-order valence-electron chi connectivity index (χ3n) is 3.15. The Kier molecular flexibility index (Phi) is 5.49. The topological polar surface area (TPSA) is 37.3 Å². The number of carbonyl (C=O) groups is 1. The first-order chi connectivity index (χ1) is 5.52. The van der Waals surface area contributed by atoms with Gasteiger partial charge in [0, 0.05) is 34.1 Å². The molecule has 0 spiro atoms. The van der Waals surface area contributed by atoms with E-state index >= 15 is 0 Å². The summed E-state index contributed by atoms with van der Waals surface area (Å²) in [7, 11) is 0. The summed E-state index contributed by atoms with van der Waals surface area (Å²) in [6.07, 6.45) is 5.11.